The van der Waals surface area contributed by atoms with Gasteiger partial charge in [0.1, 0.15) is 6.07 Å². The van der Waals surface area contributed by atoms with E-state index in [9.17, 15) is 5.26 Å². The van der Waals surface area contributed by atoms with E-state index in [1.54, 1.807) is 0 Å². The van der Waals surface area contributed by atoms with Crippen LogP contribution in [0.5, 0.6) is 0 Å². The number of amidine groups is 1. The lowest BCUT2D eigenvalue weighted by Crippen LogP contribution is -2.08. The summed E-state index contributed by atoms with van der Waals surface area (Å²) in [5, 5.41) is 17.4. The summed E-state index contributed by atoms with van der Waals surface area (Å²) < 4.78 is 0. The largest absolute Gasteiger partial charge is 0.307 e. The van der Waals surface area contributed by atoms with E-state index in [-0.39, 0.29) is 5.84 Å². The highest BCUT2D eigenvalue weighted by molar-refractivity contribution is 7.14. The number of nitrogens with zero attached hydrogens (tertiary/aromatic N) is 4. The van der Waals surface area contributed by atoms with Gasteiger partial charge < -0.3 is 5.32 Å². The molecule has 0 aliphatic carbocycles. The third-order valence-corrected chi connectivity index (χ3v) is 5.17. The van der Waals surface area contributed by atoms with Gasteiger partial charge in [0.25, 0.3) is 0 Å². The molecule has 0 amide bonds. The van der Waals surface area contributed by atoms with Crippen LogP contribution in [0, 0.1) is 11.3 Å². The average Bonchev–Trinajstić information content (AvgIpc) is 3.39. The lowest BCUT2D eigenvalue weighted by Gasteiger charge is -1.98. The van der Waals surface area contributed by atoms with Gasteiger partial charge in [-0.25, -0.2) is 9.97 Å². The second kappa shape index (κ2) is 7.91. The maximum absolute atomic E-state index is 9.41. The molecule has 2 aromatic carbocycles. The Kier molecular flexibility index (Phi) is 5.01. The van der Waals surface area contributed by atoms with Crippen molar-refractivity contribution >= 4 is 38.8 Å². The zero-order chi connectivity index (χ0) is 18.5. The van der Waals surface area contributed by atoms with E-state index in [1.807, 2.05) is 71.4 Å². The molecule has 0 radical (unpaired) electrons. The molecule has 0 unspecified atom stereocenters. The predicted octanol–water partition coefficient (Wildman–Crippen LogP) is 5.60. The topological polar surface area (TPSA) is 74.0 Å². The second-order valence-corrected chi connectivity index (χ2v) is 7.18. The molecule has 27 heavy (non-hydrogen) atoms. The highest BCUT2D eigenvalue weighted by Crippen LogP contribution is 2.28. The Balaban J connectivity index is 1.52. The van der Waals surface area contributed by atoms with Crippen LogP contribution in [-0.4, -0.2) is 15.8 Å². The summed E-state index contributed by atoms with van der Waals surface area (Å²) in [6.07, 6.45) is 0. The third-order valence-electron chi connectivity index (χ3n) is 3.67. The number of hydrogen-bond donors (Lipinski definition) is 1. The lowest BCUT2D eigenvalue weighted by molar-refractivity contribution is 1.34. The summed E-state index contributed by atoms with van der Waals surface area (Å²) >= 11 is 2.82. The fourth-order valence-electron chi connectivity index (χ4n) is 2.41. The van der Waals surface area contributed by atoms with Gasteiger partial charge in [-0.1, -0.05) is 60.7 Å². The first-order valence-corrected chi connectivity index (χ1v) is 9.85. The Morgan fingerprint density at radius 3 is 2.07 bits per heavy atom. The number of hydrogen-bond acceptors (Lipinski definition) is 6. The number of aromatic nitrogens is 2. The number of nitrogens with one attached hydrogen (secondary N) is 1. The number of thiazole rings is 2. The van der Waals surface area contributed by atoms with E-state index in [0.29, 0.717) is 10.3 Å². The maximum Gasteiger partial charge on any atom is 0.214 e. The van der Waals surface area contributed by atoms with E-state index in [1.165, 1.54) is 22.7 Å². The Labute approximate surface area is 164 Å². The van der Waals surface area contributed by atoms with Crippen molar-refractivity contribution in [3.8, 4) is 28.6 Å². The number of aliphatic imine (C=N–C) groups is 1. The molecule has 0 spiro atoms. The SMILES string of the molecule is N#C/C(=N\c1nc(-c2ccccc2)cs1)Nc1nc(-c2ccccc2)cs1. The standard InChI is InChI=1S/C20H13N5S2/c21-11-18(24-19-22-16(12-26-19)14-7-3-1-4-8-14)25-20-23-17(13-27-20)15-9-5-2-6-10-15/h1-10,12-13H,(H,22,23,24,25). The Morgan fingerprint density at radius 1 is 0.852 bits per heavy atom. The van der Waals surface area contributed by atoms with Crippen LogP contribution >= 0.6 is 22.7 Å². The first-order valence-electron chi connectivity index (χ1n) is 8.09. The Hall–Kier alpha value is -3.34. The summed E-state index contributed by atoms with van der Waals surface area (Å²) in [7, 11) is 0. The lowest BCUT2D eigenvalue weighted by atomic mass is 10.2. The van der Waals surface area contributed by atoms with Crippen molar-refractivity contribution < 1.29 is 0 Å². The molecule has 0 saturated carbocycles. The van der Waals surface area contributed by atoms with Crippen LogP contribution in [-0.2, 0) is 0 Å². The fourth-order valence-corrected chi connectivity index (χ4v) is 3.83. The zero-order valence-corrected chi connectivity index (χ0v) is 15.7. The maximum atomic E-state index is 9.41. The second-order valence-electron chi connectivity index (χ2n) is 5.48. The van der Waals surface area contributed by atoms with Crippen molar-refractivity contribution in [3.63, 3.8) is 0 Å². The van der Waals surface area contributed by atoms with Crippen LogP contribution in [0.1, 0.15) is 0 Å². The van der Waals surface area contributed by atoms with Gasteiger partial charge in [-0.3, -0.25) is 0 Å². The number of anilines is 1. The van der Waals surface area contributed by atoms with Gasteiger partial charge in [-0.2, -0.15) is 10.3 Å². The summed E-state index contributed by atoms with van der Waals surface area (Å²) in [4.78, 5) is 13.3. The van der Waals surface area contributed by atoms with Gasteiger partial charge >= 0.3 is 0 Å². The average molecular weight is 387 g/mol. The molecule has 4 rings (SSSR count). The van der Waals surface area contributed by atoms with E-state index in [4.69, 9.17) is 0 Å². The van der Waals surface area contributed by atoms with Gasteiger partial charge in [-0.15, -0.1) is 22.7 Å². The van der Waals surface area contributed by atoms with Crippen LogP contribution in [0.15, 0.2) is 76.4 Å². The summed E-state index contributed by atoms with van der Waals surface area (Å²) in [6.45, 7) is 0. The minimum Gasteiger partial charge on any atom is -0.307 e. The molecule has 2 heterocycles. The van der Waals surface area contributed by atoms with Crippen LogP contribution in [0.4, 0.5) is 10.3 Å². The third kappa shape index (κ3) is 4.08. The predicted molar refractivity (Wildman–Crippen MR) is 111 cm³/mol. The summed E-state index contributed by atoms with van der Waals surface area (Å²) in [5.41, 5.74) is 3.76. The molecule has 130 valence electrons. The number of nitriles is 1. The first-order chi connectivity index (χ1) is 13.3. The van der Waals surface area contributed by atoms with Crippen LogP contribution < -0.4 is 5.32 Å². The van der Waals surface area contributed by atoms with Crippen LogP contribution in [0.3, 0.4) is 0 Å². The minimum atomic E-state index is 0.165. The monoisotopic (exact) mass is 387 g/mol. The molecule has 0 aliphatic heterocycles. The van der Waals surface area contributed by atoms with Crippen molar-refractivity contribution in [3.05, 3.63) is 71.4 Å². The molecule has 2 aromatic heterocycles. The molecular weight excluding hydrogens is 374 g/mol. The van der Waals surface area contributed by atoms with Crippen molar-refractivity contribution in [1.82, 2.24) is 9.97 Å². The van der Waals surface area contributed by atoms with Gasteiger partial charge in [0, 0.05) is 21.9 Å². The quantitative estimate of drug-likeness (QED) is 0.365. The van der Waals surface area contributed by atoms with Crippen molar-refractivity contribution in [2.24, 2.45) is 4.99 Å². The Bertz CT molecular complexity index is 1110. The van der Waals surface area contributed by atoms with Crippen molar-refractivity contribution in [2.45, 2.75) is 0 Å². The molecule has 1 N–H and O–H groups in total. The molecule has 4 aromatic rings. The Morgan fingerprint density at radius 2 is 1.44 bits per heavy atom. The highest BCUT2D eigenvalue weighted by Gasteiger charge is 2.08. The molecule has 0 atom stereocenters. The molecule has 0 fully saturated rings. The van der Waals surface area contributed by atoms with E-state index < -0.39 is 0 Å². The van der Waals surface area contributed by atoms with Crippen molar-refractivity contribution in [2.75, 3.05) is 5.32 Å². The van der Waals surface area contributed by atoms with Crippen molar-refractivity contribution in [1.29, 1.82) is 5.26 Å². The van der Waals surface area contributed by atoms with Crippen LogP contribution in [0.25, 0.3) is 22.5 Å². The highest BCUT2D eigenvalue weighted by atomic mass is 32.1. The number of rotatable bonds is 4. The van der Waals surface area contributed by atoms with Gasteiger partial charge in [0.15, 0.2) is 5.13 Å². The van der Waals surface area contributed by atoms with Gasteiger partial charge in [0.2, 0.25) is 11.0 Å². The molecule has 0 bridgehead atoms. The molecular formula is C20H13N5S2. The number of benzene rings is 2. The van der Waals surface area contributed by atoms with E-state index in [2.05, 4.69) is 26.3 Å². The van der Waals surface area contributed by atoms with E-state index in [0.717, 1.165) is 22.5 Å². The van der Waals surface area contributed by atoms with Gasteiger partial charge in [0.05, 0.1) is 11.4 Å². The smallest absolute Gasteiger partial charge is 0.214 e. The normalized spacial score (nSPS) is 11.1. The van der Waals surface area contributed by atoms with E-state index >= 15 is 0 Å². The zero-order valence-electron chi connectivity index (χ0n) is 14.0. The minimum absolute atomic E-state index is 0.165. The first kappa shape index (κ1) is 17.1. The summed E-state index contributed by atoms with van der Waals surface area (Å²) in [6, 6.07) is 21.8. The molecule has 5 nitrogen and oxygen atoms in total. The molecule has 0 aliphatic rings. The van der Waals surface area contributed by atoms with Gasteiger partial charge in [-0.05, 0) is 0 Å². The molecule has 7 heteroatoms. The fraction of sp³-hybridized carbons (Fsp3) is 0. The summed E-state index contributed by atoms with van der Waals surface area (Å²) in [5.74, 6) is 0.165. The molecule has 0 saturated heterocycles. The van der Waals surface area contributed by atoms with Crippen LogP contribution in [0.2, 0.25) is 0 Å².